The van der Waals surface area contributed by atoms with E-state index in [1.807, 2.05) is 30.3 Å². The van der Waals surface area contributed by atoms with Crippen LogP contribution in [0.5, 0.6) is 11.5 Å². The topological polar surface area (TPSA) is 100 Å². The molecule has 0 radical (unpaired) electrons. The second kappa shape index (κ2) is 8.42. The molecule has 4 aromatic rings. The Labute approximate surface area is 189 Å². The van der Waals surface area contributed by atoms with Crippen molar-refractivity contribution in [2.75, 3.05) is 19.5 Å². The summed E-state index contributed by atoms with van der Waals surface area (Å²) in [6, 6.07) is 14.6. The summed E-state index contributed by atoms with van der Waals surface area (Å²) in [5.74, 6) is 0.934. The summed E-state index contributed by atoms with van der Waals surface area (Å²) in [6.07, 6.45) is 3.70. The number of nitrogens with zero attached hydrogens (tertiary/aromatic N) is 4. The van der Waals surface area contributed by atoms with Gasteiger partial charge in [-0.25, -0.2) is 9.36 Å². The second-order valence-electron chi connectivity index (χ2n) is 7.89. The van der Waals surface area contributed by atoms with Crippen molar-refractivity contribution < 1.29 is 14.3 Å². The lowest BCUT2D eigenvalue weighted by Crippen LogP contribution is -2.31. The second-order valence-corrected chi connectivity index (χ2v) is 7.89. The molecule has 0 bridgehead atoms. The van der Waals surface area contributed by atoms with E-state index in [2.05, 4.69) is 15.5 Å². The van der Waals surface area contributed by atoms with E-state index in [4.69, 9.17) is 9.47 Å². The van der Waals surface area contributed by atoms with E-state index >= 15 is 0 Å². The van der Waals surface area contributed by atoms with Crippen molar-refractivity contribution in [3.63, 3.8) is 0 Å². The number of amides is 1. The number of carbonyl (C=O) groups is 1. The van der Waals surface area contributed by atoms with Gasteiger partial charge >= 0.3 is 0 Å². The zero-order chi connectivity index (χ0) is 22.9. The van der Waals surface area contributed by atoms with Crippen LogP contribution < -0.4 is 20.3 Å². The van der Waals surface area contributed by atoms with Crippen molar-refractivity contribution in [2.45, 2.75) is 25.3 Å². The Morgan fingerprint density at radius 3 is 2.61 bits per heavy atom. The molecule has 2 heterocycles. The predicted octanol–water partition coefficient (Wildman–Crippen LogP) is 3.12. The van der Waals surface area contributed by atoms with Gasteiger partial charge in [-0.15, -0.1) is 0 Å². The number of carbonyl (C=O) groups excluding carboxylic acids is 1. The molecule has 9 nitrogen and oxygen atoms in total. The van der Waals surface area contributed by atoms with Crippen molar-refractivity contribution in [2.24, 2.45) is 0 Å². The summed E-state index contributed by atoms with van der Waals surface area (Å²) in [5.41, 5.74) is 2.08. The van der Waals surface area contributed by atoms with Crippen LogP contribution in [0, 0.1) is 0 Å². The van der Waals surface area contributed by atoms with Crippen molar-refractivity contribution in [1.29, 1.82) is 0 Å². The molecule has 0 saturated heterocycles. The normalized spacial score (nSPS) is 13.2. The molecule has 2 aromatic heterocycles. The molecule has 0 unspecified atom stereocenters. The molecule has 0 aliphatic heterocycles. The highest BCUT2D eigenvalue weighted by Gasteiger charge is 2.30. The molecule has 0 spiro atoms. The molecule has 1 amide bonds. The van der Waals surface area contributed by atoms with Gasteiger partial charge in [0.1, 0.15) is 23.6 Å². The van der Waals surface area contributed by atoms with Crippen LogP contribution in [0.3, 0.4) is 0 Å². The molecule has 2 aromatic carbocycles. The van der Waals surface area contributed by atoms with Crippen LogP contribution in [-0.4, -0.2) is 39.7 Å². The van der Waals surface area contributed by atoms with Crippen molar-refractivity contribution in [1.82, 2.24) is 19.6 Å². The molecule has 1 saturated carbocycles. The minimum absolute atomic E-state index is 0.241. The zero-order valence-electron chi connectivity index (χ0n) is 18.3. The SMILES string of the molecule is COc1ccc(OC)c(NC(=O)Cn2nc(C3CC3)c3cnn(-c4ccccc4)c3c2=O)c1. The van der Waals surface area contributed by atoms with E-state index in [0.29, 0.717) is 22.7 Å². The van der Waals surface area contributed by atoms with Gasteiger partial charge in [0.25, 0.3) is 5.56 Å². The number of rotatable bonds is 7. The number of anilines is 1. The quantitative estimate of drug-likeness (QED) is 0.469. The van der Waals surface area contributed by atoms with Crippen molar-refractivity contribution >= 4 is 22.5 Å². The van der Waals surface area contributed by atoms with Crippen LogP contribution >= 0.6 is 0 Å². The van der Waals surface area contributed by atoms with Crippen LogP contribution in [0.25, 0.3) is 16.6 Å². The number of methoxy groups -OCH3 is 2. The van der Waals surface area contributed by atoms with Crippen LogP contribution in [0.4, 0.5) is 5.69 Å². The Hall–Kier alpha value is -4.14. The Morgan fingerprint density at radius 2 is 1.91 bits per heavy atom. The molecule has 1 N–H and O–H groups in total. The van der Waals surface area contributed by atoms with Gasteiger partial charge in [-0.1, -0.05) is 18.2 Å². The average Bonchev–Trinajstić information content (AvgIpc) is 3.58. The first-order valence-electron chi connectivity index (χ1n) is 10.6. The molecule has 33 heavy (non-hydrogen) atoms. The van der Waals surface area contributed by atoms with E-state index in [1.165, 1.54) is 11.8 Å². The molecule has 1 aliphatic rings. The number of hydrogen-bond acceptors (Lipinski definition) is 6. The maximum Gasteiger partial charge on any atom is 0.293 e. The molecule has 0 atom stereocenters. The largest absolute Gasteiger partial charge is 0.497 e. The lowest BCUT2D eigenvalue weighted by Gasteiger charge is -2.13. The number of fused-ring (bicyclic) bond motifs is 1. The van der Waals surface area contributed by atoms with Crippen LogP contribution in [-0.2, 0) is 11.3 Å². The summed E-state index contributed by atoms with van der Waals surface area (Å²) in [4.78, 5) is 26.3. The number of para-hydroxylation sites is 1. The number of aromatic nitrogens is 4. The number of benzene rings is 2. The number of hydrogen-bond donors (Lipinski definition) is 1. The van der Waals surface area contributed by atoms with Crippen molar-refractivity contribution in [3.8, 4) is 17.2 Å². The highest BCUT2D eigenvalue weighted by Crippen LogP contribution is 2.41. The summed E-state index contributed by atoms with van der Waals surface area (Å²) in [6.45, 7) is -0.241. The Morgan fingerprint density at radius 1 is 1.12 bits per heavy atom. The molecule has 5 rings (SSSR count). The molecular formula is C24H23N5O4. The number of nitrogens with one attached hydrogen (secondary N) is 1. The minimum atomic E-state index is -0.400. The van der Waals surface area contributed by atoms with Crippen LogP contribution in [0.1, 0.15) is 24.5 Å². The van der Waals surface area contributed by atoms with E-state index < -0.39 is 5.91 Å². The first kappa shape index (κ1) is 20.7. The maximum absolute atomic E-state index is 13.4. The lowest BCUT2D eigenvalue weighted by atomic mass is 10.2. The first-order chi connectivity index (χ1) is 16.1. The maximum atomic E-state index is 13.4. The van der Waals surface area contributed by atoms with Gasteiger partial charge in [0.15, 0.2) is 0 Å². The highest BCUT2D eigenvalue weighted by molar-refractivity contribution is 5.92. The van der Waals surface area contributed by atoms with E-state index in [0.717, 1.165) is 29.6 Å². The minimum Gasteiger partial charge on any atom is -0.497 e. The molecule has 168 valence electrons. The zero-order valence-corrected chi connectivity index (χ0v) is 18.3. The van der Waals surface area contributed by atoms with E-state index in [1.54, 1.807) is 36.2 Å². The fourth-order valence-corrected chi connectivity index (χ4v) is 3.86. The van der Waals surface area contributed by atoms with Gasteiger partial charge in [0.05, 0.1) is 37.5 Å². The Balaban J connectivity index is 1.53. The molecule has 1 aliphatic carbocycles. The summed E-state index contributed by atoms with van der Waals surface area (Å²) in [7, 11) is 3.06. The molecular weight excluding hydrogens is 422 g/mol. The van der Waals surface area contributed by atoms with Gasteiger partial charge in [-0.2, -0.15) is 10.2 Å². The van der Waals surface area contributed by atoms with E-state index in [-0.39, 0.29) is 18.0 Å². The van der Waals surface area contributed by atoms with Crippen LogP contribution in [0.15, 0.2) is 59.5 Å². The van der Waals surface area contributed by atoms with Gasteiger partial charge in [0, 0.05) is 17.4 Å². The van der Waals surface area contributed by atoms with Crippen molar-refractivity contribution in [3.05, 3.63) is 70.8 Å². The number of ether oxygens (including phenoxy) is 2. The van der Waals surface area contributed by atoms with Gasteiger partial charge in [-0.05, 0) is 37.1 Å². The molecule has 9 heteroatoms. The third-order valence-electron chi connectivity index (χ3n) is 5.65. The molecule has 1 fully saturated rings. The standard InChI is InChI=1S/C24H23N5O4/c1-32-17-10-11-20(33-2)19(12-17)26-21(30)14-28-24(31)23-18(22(27-28)15-8-9-15)13-25-29(23)16-6-4-3-5-7-16/h3-7,10-13,15H,8-9,14H2,1-2H3,(H,26,30). The fraction of sp³-hybridized carbons (Fsp3) is 0.250. The third-order valence-corrected chi connectivity index (χ3v) is 5.65. The summed E-state index contributed by atoms with van der Waals surface area (Å²) < 4.78 is 13.4. The van der Waals surface area contributed by atoms with Crippen LogP contribution in [0.2, 0.25) is 0 Å². The van der Waals surface area contributed by atoms with Gasteiger partial charge in [0.2, 0.25) is 5.91 Å². The van der Waals surface area contributed by atoms with E-state index in [9.17, 15) is 9.59 Å². The fourth-order valence-electron chi connectivity index (χ4n) is 3.86. The van der Waals surface area contributed by atoms with Gasteiger partial charge in [-0.3, -0.25) is 9.59 Å². The summed E-state index contributed by atoms with van der Waals surface area (Å²) >= 11 is 0. The third kappa shape index (κ3) is 3.93. The van der Waals surface area contributed by atoms with Gasteiger partial charge < -0.3 is 14.8 Å². The highest BCUT2D eigenvalue weighted by atomic mass is 16.5. The summed E-state index contributed by atoms with van der Waals surface area (Å²) in [5, 5.41) is 12.6. The smallest absolute Gasteiger partial charge is 0.293 e. The Kier molecular flexibility index (Phi) is 5.29. The Bertz CT molecular complexity index is 1390. The average molecular weight is 445 g/mol. The predicted molar refractivity (Wildman–Crippen MR) is 123 cm³/mol. The first-order valence-corrected chi connectivity index (χ1v) is 10.6. The monoisotopic (exact) mass is 445 g/mol. The lowest BCUT2D eigenvalue weighted by molar-refractivity contribution is -0.117.